The van der Waals surface area contributed by atoms with Gasteiger partial charge in [0.2, 0.25) is 0 Å². The van der Waals surface area contributed by atoms with Gasteiger partial charge in [-0.2, -0.15) is 0 Å². The van der Waals surface area contributed by atoms with E-state index >= 15 is 0 Å². The summed E-state index contributed by atoms with van der Waals surface area (Å²) in [6.07, 6.45) is 2.93. The van der Waals surface area contributed by atoms with Crippen molar-refractivity contribution in [1.29, 1.82) is 0 Å². The van der Waals surface area contributed by atoms with Crippen LogP contribution in [0.1, 0.15) is 26.3 Å². The van der Waals surface area contributed by atoms with E-state index in [9.17, 15) is 4.79 Å². The highest BCUT2D eigenvalue weighted by molar-refractivity contribution is 9.10. The van der Waals surface area contributed by atoms with Gasteiger partial charge in [0.1, 0.15) is 0 Å². The fraction of sp³-hybridized carbons (Fsp3) is 0.438. The molecule has 1 aromatic rings. The van der Waals surface area contributed by atoms with Crippen LogP contribution in [0.15, 0.2) is 28.7 Å². The molecule has 5 heteroatoms. The molecule has 2 rings (SSSR count). The van der Waals surface area contributed by atoms with Gasteiger partial charge in [0.05, 0.1) is 11.7 Å². The number of hydrogen-bond acceptors (Lipinski definition) is 3. The van der Waals surface area contributed by atoms with Crippen molar-refractivity contribution < 1.29 is 14.6 Å². The summed E-state index contributed by atoms with van der Waals surface area (Å²) in [7, 11) is 0. The molecule has 0 aromatic heterocycles. The number of anilines is 1. The fourth-order valence-corrected chi connectivity index (χ4v) is 3.08. The van der Waals surface area contributed by atoms with Crippen LogP contribution in [-0.2, 0) is 9.53 Å². The van der Waals surface area contributed by atoms with Crippen LogP contribution < -0.4 is 4.90 Å². The number of aliphatic carboxylic acids is 1. The van der Waals surface area contributed by atoms with E-state index in [-0.39, 0.29) is 11.7 Å². The number of ether oxygens (including phenoxy) is 1. The van der Waals surface area contributed by atoms with E-state index in [4.69, 9.17) is 9.84 Å². The molecule has 1 N–H and O–H groups in total. The summed E-state index contributed by atoms with van der Waals surface area (Å²) >= 11 is 3.49. The van der Waals surface area contributed by atoms with Gasteiger partial charge in [-0.1, -0.05) is 22.0 Å². The Labute approximate surface area is 133 Å². The van der Waals surface area contributed by atoms with Gasteiger partial charge in [0, 0.05) is 29.3 Å². The Balaban J connectivity index is 2.37. The smallest absolute Gasteiger partial charge is 0.328 e. The Morgan fingerprint density at radius 3 is 2.86 bits per heavy atom. The van der Waals surface area contributed by atoms with E-state index < -0.39 is 5.97 Å². The molecule has 1 fully saturated rings. The maximum absolute atomic E-state index is 10.8. The number of halogens is 1. The number of hydrogen-bond donors (Lipinski definition) is 1. The zero-order valence-corrected chi connectivity index (χ0v) is 14.1. The molecule has 1 unspecified atom stereocenters. The molecule has 0 bridgehead atoms. The van der Waals surface area contributed by atoms with Gasteiger partial charge in [0.15, 0.2) is 0 Å². The van der Waals surface area contributed by atoms with Crippen LogP contribution >= 0.6 is 15.9 Å². The largest absolute Gasteiger partial charge is 0.478 e. The Kier molecular flexibility index (Phi) is 4.74. The first-order chi connectivity index (χ1) is 9.77. The van der Waals surface area contributed by atoms with Crippen LogP contribution in [0, 0.1) is 0 Å². The van der Waals surface area contributed by atoms with E-state index in [1.165, 1.54) is 6.08 Å². The maximum Gasteiger partial charge on any atom is 0.328 e. The lowest BCUT2D eigenvalue weighted by Gasteiger charge is -2.43. The van der Waals surface area contributed by atoms with Gasteiger partial charge in [0.25, 0.3) is 0 Å². The van der Waals surface area contributed by atoms with Crippen molar-refractivity contribution in [2.45, 2.75) is 32.5 Å². The highest BCUT2D eigenvalue weighted by Gasteiger charge is 2.32. The Bertz CT molecular complexity index is 569. The molecule has 1 aromatic carbocycles. The summed E-state index contributed by atoms with van der Waals surface area (Å²) in [4.78, 5) is 13.0. The average Bonchev–Trinajstić information content (AvgIpc) is 2.34. The predicted octanol–water partition coefficient (Wildman–Crippen LogP) is 3.55. The lowest BCUT2D eigenvalue weighted by atomic mass is 10.0. The molecule has 0 saturated carbocycles. The molecule has 114 valence electrons. The first-order valence-corrected chi connectivity index (χ1v) is 7.69. The lowest BCUT2D eigenvalue weighted by molar-refractivity contribution is -0.131. The predicted molar refractivity (Wildman–Crippen MR) is 87.7 cm³/mol. The van der Waals surface area contributed by atoms with Crippen molar-refractivity contribution in [3.8, 4) is 0 Å². The SMILES string of the molecule is CC1CN(c2cc(Br)ccc2C=CC(=O)O)CC(C)(C)O1. The summed E-state index contributed by atoms with van der Waals surface area (Å²) in [5, 5.41) is 8.83. The molecule has 1 atom stereocenters. The summed E-state index contributed by atoms with van der Waals surface area (Å²) in [5.74, 6) is -0.945. The minimum Gasteiger partial charge on any atom is -0.478 e. The lowest BCUT2D eigenvalue weighted by Crippen LogP contribution is -2.52. The number of benzene rings is 1. The van der Waals surface area contributed by atoms with Crippen LogP contribution in [-0.4, -0.2) is 35.9 Å². The van der Waals surface area contributed by atoms with Crippen LogP contribution in [0.3, 0.4) is 0 Å². The van der Waals surface area contributed by atoms with Crippen LogP contribution in [0.5, 0.6) is 0 Å². The van der Waals surface area contributed by atoms with Crippen molar-refractivity contribution in [2.24, 2.45) is 0 Å². The fourth-order valence-electron chi connectivity index (χ4n) is 2.73. The third-order valence-electron chi connectivity index (χ3n) is 3.31. The summed E-state index contributed by atoms with van der Waals surface area (Å²) < 4.78 is 6.90. The summed E-state index contributed by atoms with van der Waals surface area (Å²) in [5.41, 5.74) is 1.68. The third-order valence-corrected chi connectivity index (χ3v) is 3.80. The van der Waals surface area contributed by atoms with E-state index in [1.807, 2.05) is 18.2 Å². The Morgan fingerprint density at radius 1 is 1.52 bits per heavy atom. The van der Waals surface area contributed by atoms with Gasteiger partial charge in [-0.05, 0) is 44.5 Å². The molecule has 0 radical (unpaired) electrons. The molecule has 1 aliphatic heterocycles. The zero-order valence-electron chi connectivity index (χ0n) is 12.5. The molecule has 1 aliphatic rings. The maximum atomic E-state index is 10.8. The summed E-state index contributed by atoms with van der Waals surface area (Å²) in [6.45, 7) is 7.75. The number of nitrogens with zero attached hydrogens (tertiary/aromatic N) is 1. The Hall–Kier alpha value is -1.33. The minimum absolute atomic E-state index is 0.129. The zero-order chi connectivity index (χ0) is 15.6. The highest BCUT2D eigenvalue weighted by Crippen LogP contribution is 2.31. The van der Waals surface area contributed by atoms with Gasteiger partial charge in [-0.3, -0.25) is 0 Å². The molecule has 21 heavy (non-hydrogen) atoms. The van der Waals surface area contributed by atoms with Gasteiger partial charge < -0.3 is 14.7 Å². The second-order valence-electron chi connectivity index (χ2n) is 5.94. The van der Waals surface area contributed by atoms with Crippen molar-refractivity contribution in [2.75, 3.05) is 18.0 Å². The standard InChI is InChI=1S/C16H20BrNO3/c1-11-9-18(10-16(2,3)21-11)14-8-13(17)6-4-12(14)5-7-15(19)20/h4-8,11H,9-10H2,1-3H3,(H,19,20). The molecular weight excluding hydrogens is 334 g/mol. The minimum atomic E-state index is -0.945. The molecule has 0 spiro atoms. The van der Waals surface area contributed by atoms with E-state index in [0.29, 0.717) is 0 Å². The first kappa shape index (κ1) is 16.0. The van der Waals surface area contributed by atoms with Crippen molar-refractivity contribution in [3.05, 3.63) is 34.3 Å². The van der Waals surface area contributed by atoms with E-state index in [2.05, 4.69) is 41.6 Å². The van der Waals surface area contributed by atoms with E-state index in [1.54, 1.807) is 6.08 Å². The number of carboxylic acid groups (broad SMARTS) is 1. The van der Waals surface area contributed by atoms with E-state index in [0.717, 1.165) is 28.8 Å². The number of carboxylic acids is 1. The number of rotatable bonds is 3. The second-order valence-corrected chi connectivity index (χ2v) is 6.86. The molecule has 4 nitrogen and oxygen atoms in total. The number of morpholine rings is 1. The third kappa shape index (κ3) is 4.32. The van der Waals surface area contributed by atoms with Crippen molar-refractivity contribution in [3.63, 3.8) is 0 Å². The van der Waals surface area contributed by atoms with Crippen LogP contribution in [0.25, 0.3) is 6.08 Å². The quantitative estimate of drug-likeness (QED) is 0.844. The van der Waals surface area contributed by atoms with Gasteiger partial charge >= 0.3 is 5.97 Å². The molecule has 0 amide bonds. The monoisotopic (exact) mass is 353 g/mol. The van der Waals surface area contributed by atoms with Crippen molar-refractivity contribution in [1.82, 2.24) is 0 Å². The molecule has 1 heterocycles. The normalized spacial score (nSPS) is 21.7. The van der Waals surface area contributed by atoms with Crippen molar-refractivity contribution >= 4 is 33.7 Å². The molecule has 0 aliphatic carbocycles. The highest BCUT2D eigenvalue weighted by atomic mass is 79.9. The molecular formula is C16H20BrNO3. The second kappa shape index (κ2) is 6.20. The first-order valence-electron chi connectivity index (χ1n) is 6.90. The summed E-state index contributed by atoms with van der Waals surface area (Å²) in [6, 6.07) is 5.86. The van der Waals surface area contributed by atoms with Crippen LogP contribution in [0.2, 0.25) is 0 Å². The van der Waals surface area contributed by atoms with Gasteiger partial charge in [-0.15, -0.1) is 0 Å². The topological polar surface area (TPSA) is 49.8 Å². The van der Waals surface area contributed by atoms with Gasteiger partial charge in [-0.25, -0.2) is 4.79 Å². The Morgan fingerprint density at radius 2 is 2.24 bits per heavy atom. The van der Waals surface area contributed by atoms with Crippen LogP contribution in [0.4, 0.5) is 5.69 Å². The number of carbonyl (C=O) groups is 1. The average molecular weight is 354 g/mol. The molecule has 1 saturated heterocycles.